The molecule has 0 radical (unpaired) electrons. The third-order valence-electron chi connectivity index (χ3n) is 4.56. The van der Waals surface area contributed by atoms with Gasteiger partial charge in [-0.3, -0.25) is 0 Å². The molecule has 1 unspecified atom stereocenters. The average Bonchev–Trinajstić information content (AvgIpc) is 3.29. The van der Waals surface area contributed by atoms with Crippen molar-refractivity contribution in [3.05, 3.63) is 48.0 Å². The standard InChI is InChI=1S/C19H28N6O.HI/c1-3-20-19(21-11-18-23-22-15-24(18)2)25-10-9-17(12-25)14-26-13-16-7-5-4-6-8-16;/h4-8,15,17H,3,9-14H2,1-2H3,(H,20,21);1H. The van der Waals surface area contributed by atoms with Crippen molar-refractivity contribution in [3.63, 3.8) is 0 Å². The molecule has 3 rings (SSSR count). The molecular formula is C19H29IN6O. The molecule has 0 spiro atoms. The molecule has 27 heavy (non-hydrogen) atoms. The fourth-order valence-corrected chi connectivity index (χ4v) is 3.10. The van der Waals surface area contributed by atoms with E-state index in [0.717, 1.165) is 44.4 Å². The molecule has 1 aromatic carbocycles. The molecule has 0 aliphatic carbocycles. The Labute approximate surface area is 178 Å². The molecule has 2 heterocycles. The number of rotatable bonds is 7. The van der Waals surface area contributed by atoms with E-state index in [1.54, 1.807) is 6.33 Å². The number of likely N-dealkylation sites (tertiary alicyclic amines) is 1. The number of hydrogen-bond acceptors (Lipinski definition) is 4. The van der Waals surface area contributed by atoms with Crippen LogP contribution in [0.1, 0.15) is 24.7 Å². The van der Waals surface area contributed by atoms with Crippen LogP contribution in [-0.2, 0) is 24.9 Å². The van der Waals surface area contributed by atoms with Crippen LogP contribution in [0, 0.1) is 5.92 Å². The fraction of sp³-hybridized carbons (Fsp3) is 0.526. The van der Waals surface area contributed by atoms with Crippen LogP contribution in [0.4, 0.5) is 0 Å². The van der Waals surface area contributed by atoms with Crippen LogP contribution in [0.2, 0.25) is 0 Å². The molecule has 1 saturated heterocycles. The number of halogens is 1. The summed E-state index contributed by atoms with van der Waals surface area (Å²) in [6, 6.07) is 10.3. The second-order valence-electron chi connectivity index (χ2n) is 6.63. The minimum atomic E-state index is 0. The van der Waals surface area contributed by atoms with Gasteiger partial charge in [0.05, 0.1) is 13.2 Å². The number of benzene rings is 1. The fourth-order valence-electron chi connectivity index (χ4n) is 3.10. The molecule has 2 aromatic rings. The van der Waals surface area contributed by atoms with Gasteiger partial charge < -0.3 is 19.5 Å². The van der Waals surface area contributed by atoms with Crippen molar-refractivity contribution in [3.8, 4) is 0 Å². The van der Waals surface area contributed by atoms with E-state index >= 15 is 0 Å². The van der Waals surface area contributed by atoms with Crippen LogP contribution >= 0.6 is 24.0 Å². The predicted octanol–water partition coefficient (Wildman–Crippen LogP) is 2.44. The highest BCUT2D eigenvalue weighted by atomic mass is 127. The lowest BCUT2D eigenvalue weighted by Gasteiger charge is -2.21. The Morgan fingerprint density at radius 3 is 2.85 bits per heavy atom. The van der Waals surface area contributed by atoms with E-state index in [0.29, 0.717) is 19.1 Å². The number of ether oxygens (including phenoxy) is 1. The first-order chi connectivity index (χ1) is 12.8. The monoisotopic (exact) mass is 484 g/mol. The van der Waals surface area contributed by atoms with E-state index in [-0.39, 0.29) is 24.0 Å². The molecule has 1 atom stereocenters. The number of nitrogens with zero attached hydrogens (tertiary/aromatic N) is 5. The van der Waals surface area contributed by atoms with E-state index in [1.165, 1.54) is 5.56 Å². The largest absolute Gasteiger partial charge is 0.376 e. The molecule has 1 fully saturated rings. The maximum absolute atomic E-state index is 5.92. The second kappa shape index (κ2) is 11.2. The smallest absolute Gasteiger partial charge is 0.194 e. The van der Waals surface area contributed by atoms with Crippen molar-refractivity contribution in [2.75, 3.05) is 26.2 Å². The van der Waals surface area contributed by atoms with Crippen molar-refractivity contribution in [1.82, 2.24) is 25.0 Å². The first kappa shape index (κ1) is 21.6. The number of hydrogen-bond donors (Lipinski definition) is 1. The van der Waals surface area contributed by atoms with Crippen molar-refractivity contribution < 1.29 is 4.74 Å². The summed E-state index contributed by atoms with van der Waals surface area (Å²) < 4.78 is 7.82. The Morgan fingerprint density at radius 2 is 2.15 bits per heavy atom. The predicted molar refractivity (Wildman–Crippen MR) is 117 cm³/mol. The molecule has 148 valence electrons. The normalized spacial score (nSPS) is 17.0. The van der Waals surface area contributed by atoms with E-state index in [4.69, 9.17) is 9.73 Å². The Kier molecular flexibility index (Phi) is 8.99. The third kappa shape index (κ3) is 6.46. The highest BCUT2D eigenvalue weighted by Crippen LogP contribution is 2.17. The zero-order valence-electron chi connectivity index (χ0n) is 16.0. The Hall–Kier alpha value is -1.68. The Bertz CT molecular complexity index is 705. The second-order valence-corrected chi connectivity index (χ2v) is 6.63. The lowest BCUT2D eigenvalue weighted by molar-refractivity contribution is 0.0906. The van der Waals surface area contributed by atoms with Gasteiger partial charge in [0.1, 0.15) is 12.9 Å². The van der Waals surface area contributed by atoms with Gasteiger partial charge in [0.25, 0.3) is 0 Å². The number of nitrogens with one attached hydrogen (secondary N) is 1. The van der Waals surface area contributed by atoms with Crippen molar-refractivity contribution in [2.45, 2.75) is 26.5 Å². The van der Waals surface area contributed by atoms with Gasteiger partial charge in [-0.15, -0.1) is 34.2 Å². The van der Waals surface area contributed by atoms with E-state index in [9.17, 15) is 0 Å². The van der Waals surface area contributed by atoms with E-state index < -0.39 is 0 Å². The highest BCUT2D eigenvalue weighted by molar-refractivity contribution is 14.0. The molecule has 0 saturated carbocycles. The van der Waals surface area contributed by atoms with E-state index in [2.05, 4.69) is 39.5 Å². The summed E-state index contributed by atoms with van der Waals surface area (Å²) in [5.41, 5.74) is 1.22. The minimum Gasteiger partial charge on any atom is -0.376 e. The van der Waals surface area contributed by atoms with Gasteiger partial charge in [0.2, 0.25) is 0 Å². The molecule has 1 aliphatic rings. The number of aryl methyl sites for hydroxylation is 1. The van der Waals surface area contributed by atoms with Crippen LogP contribution in [0.25, 0.3) is 0 Å². The molecule has 1 N–H and O–H groups in total. The topological polar surface area (TPSA) is 67.6 Å². The molecule has 0 bridgehead atoms. The molecule has 1 aliphatic heterocycles. The number of aliphatic imine (C=N–C) groups is 1. The van der Waals surface area contributed by atoms with Crippen LogP contribution in [0.15, 0.2) is 41.7 Å². The third-order valence-corrected chi connectivity index (χ3v) is 4.56. The van der Waals surface area contributed by atoms with Gasteiger partial charge in [-0.1, -0.05) is 30.3 Å². The zero-order valence-corrected chi connectivity index (χ0v) is 18.4. The van der Waals surface area contributed by atoms with E-state index in [1.807, 2.05) is 29.8 Å². The van der Waals surface area contributed by atoms with Crippen LogP contribution < -0.4 is 5.32 Å². The summed E-state index contributed by atoms with van der Waals surface area (Å²) >= 11 is 0. The lowest BCUT2D eigenvalue weighted by atomic mass is 10.1. The summed E-state index contributed by atoms with van der Waals surface area (Å²) in [5, 5.41) is 11.4. The summed E-state index contributed by atoms with van der Waals surface area (Å²) in [6.45, 7) is 6.91. The number of aromatic nitrogens is 3. The van der Waals surface area contributed by atoms with Crippen molar-refractivity contribution >= 4 is 29.9 Å². The average molecular weight is 484 g/mol. The highest BCUT2D eigenvalue weighted by Gasteiger charge is 2.25. The first-order valence-electron chi connectivity index (χ1n) is 9.24. The van der Waals surface area contributed by atoms with Crippen LogP contribution in [0.3, 0.4) is 0 Å². The zero-order chi connectivity index (χ0) is 18.2. The molecule has 0 amide bonds. The summed E-state index contributed by atoms with van der Waals surface area (Å²) in [7, 11) is 1.94. The molecule has 7 nitrogen and oxygen atoms in total. The van der Waals surface area contributed by atoms with Gasteiger partial charge in [-0.2, -0.15) is 0 Å². The van der Waals surface area contributed by atoms with Crippen molar-refractivity contribution in [2.24, 2.45) is 18.0 Å². The Morgan fingerprint density at radius 1 is 1.33 bits per heavy atom. The summed E-state index contributed by atoms with van der Waals surface area (Å²) in [5.74, 6) is 2.35. The first-order valence-corrected chi connectivity index (χ1v) is 9.24. The maximum Gasteiger partial charge on any atom is 0.194 e. The molecule has 1 aromatic heterocycles. The minimum absolute atomic E-state index is 0. The van der Waals surface area contributed by atoms with Gasteiger partial charge in [-0.05, 0) is 18.9 Å². The maximum atomic E-state index is 5.92. The van der Waals surface area contributed by atoms with Gasteiger partial charge in [-0.25, -0.2) is 4.99 Å². The lowest BCUT2D eigenvalue weighted by Crippen LogP contribution is -2.40. The summed E-state index contributed by atoms with van der Waals surface area (Å²) in [6.07, 6.45) is 2.83. The molecular weight excluding hydrogens is 455 g/mol. The van der Waals surface area contributed by atoms with Gasteiger partial charge >= 0.3 is 0 Å². The quantitative estimate of drug-likeness (QED) is 0.372. The van der Waals surface area contributed by atoms with Crippen LogP contribution in [0.5, 0.6) is 0 Å². The molecule has 8 heteroatoms. The number of guanidine groups is 1. The van der Waals surface area contributed by atoms with Gasteiger partial charge in [0, 0.05) is 32.6 Å². The Balaban J connectivity index is 0.00000261. The SMILES string of the molecule is CCNC(=NCc1nncn1C)N1CCC(COCc2ccccc2)C1.I. The van der Waals surface area contributed by atoms with Crippen LogP contribution in [-0.4, -0.2) is 51.9 Å². The van der Waals surface area contributed by atoms with Gasteiger partial charge in [0.15, 0.2) is 11.8 Å². The van der Waals surface area contributed by atoms with Crippen molar-refractivity contribution in [1.29, 1.82) is 0 Å². The summed E-state index contributed by atoms with van der Waals surface area (Å²) in [4.78, 5) is 7.04.